The Morgan fingerprint density at radius 1 is 1.35 bits per heavy atom. The maximum absolute atomic E-state index is 12.0. The quantitative estimate of drug-likeness (QED) is 0.717. The molecule has 1 rings (SSSR count). The lowest BCUT2D eigenvalue weighted by Gasteiger charge is -2.19. The lowest BCUT2D eigenvalue weighted by atomic mass is 10.1. The highest BCUT2D eigenvalue weighted by Gasteiger charge is 2.25. The Morgan fingerprint density at radius 3 is 2.55 bits per heavy atom. The summed E-state index contributed by atoms with van der Waals surface area (Å²) < 4.78 is 0. The fourth-order valence-corrected chi connectivity index (χ4v) is 1.96. The zero-order valence-electron chi connectivity index (χ0n) is 11.5. The molecule has 0 heterocycles. The summed E-state index contributed by atoms with van der Waals surface area (Å²) in [5.41, 5.74) is 0.380. The van der Waals surface area contributed by atoms with Gasteiger partial charge in [0.15, 0.2) is 6.04 Å². The maximum atomic E-state index is 12.0. The molecule has 1 aromatic carbocycles. The number of carbonyl (C=O) groups is 2. The summed E-state index contributed by atoms with van der Waals surface area (Å²) in [6.45, 7) is 4.93. The largest absolute Gasteiger partial charge is 0.479 e. The highest BCUT2D eigenvalue weighted by Crippen LogP contribution is 2.23. The van der Waals surface area contributed by atoms with Gasteiger partial charge in [-0.05, 0) is 12.6 Å². The molecule has 3 N–H and O–H groups in total. The molecule has 0 saturated carbocycles. The number of carboxylic acids is 1. The van der Waals surface area contributed by atoms with Gasteiger partial charge in [0.25, 0.3) is 0 Å². The molecule has 0 bridgehead atoms. The van der Waals surface area contributed by atoms with Crippen LogP contribution in [0.2, 0.25) is 5.02 Å². The van der Waals surface area contributed by atoms with E-state index in [0.717, 1.165) is 6.54 Å². The minimum absolute atomic E-state index is 0.319. The van der Waals surface area contributed by atoms with Crippen LogP contribution in [0.4, 0.5) is 0 Å². The molecule has 0 aliphatic heterocycles. The van der Waals surface area contributed by atoms with E-state index in [9.17, 15) is 14.7 Å². The number of aliphatic carboxylic acids is 1. The van der Waals surface area contributed by atoms with Crippen LogP contribution in [0.3, 0.4) is 0 Å². The van der Waals surface area contributed by atoms with E-state index in [-0.39, 0.29) is 11.8 Å². The second kappa shape index (κ2) is 7.87. The molecule has 1 unspecified atom stereocenters. The SMILES string of the molecule is CCNCC(C)C(=O)N[C@@H](C(=O)O)c1ccccc1Cl. The third-order valence-electron chi connectivity index (χ3n) is 2.90. The van der Waals surface area contributed by atoms with Gasteiger partial charge in [-0.3, -0.25) is 4.79 Å². The minimum atomic E-state index is -1.14. The molecular formula is C14H19ClN2O3. The molecule has 110 valence electrons. The van der Waals surface area contributed by atoms with Gasteiger partial charge in [0.1, 0.15) is 0 Å². The van der Waals surface area contributed by atoms with Gasteiger partial charge in [0, 0.05) is 23.0 Å². The van der Waals surface area contributed by atoms with Crippen molar-refractivity contribution in [3.05, 3.63) is 34.9 Å². The Kier molecular flexibility index (Phi) is 6.48. The number of hydrogen-bond donors (Lipinski definition) is 3. The van der Waals surface area contributed by atoms with Crippen LogP contribution in [0.5, 0.6) is 0 Å². The van der Waals surface area contributed by atoms with Crippen molar-refractivity contribution in [2.75, 3.05) is 13.1 Å². The van der Waals surface area contributed by atoms with Gasteiger partial charge in [-0.15, -0.1) is 0 Å². The summed E-state index contributed by atoms with van der Waals surface area (Å²) in [6.07, 6.45) is 0. The summed E-state index contributed by atoms with van der Waals surface area (Å²) in [5.74, 6) is -1.78. The van der Waals surface area contributed by atoms with E-state index in [0.29, 0.717) is 17.1 Å². The van der Waals surface area contributed by atoms with E-state index < -0.39 is 12.0 Å². The third-order valence-corrected chi connectivity index (χ3v) is 3.24. The number of amides is 1. The van der Waals surface area contributed by atoms with E-state index in [2.05, 4.69) is 10.6 Å². The predicted molar refractivity (Wildman–Crippen MR) is 77.7 cm³/mol. The lowest BCUT2D eigenvalue weighted by molar-refractivity contribution is -0.142. The summed E-state index contributed by atoms with van der Waals surface area (Å²) in [6, 6.07) is 5.45. The van der Waals surface area contributed by atoms with Gasteiger partial charge in [0.2, 0.25) is 5.91 Å². The number of carboxylic acid groups (broad SMARTS) is 1. The van der Waals surface area contributed by atoms with Crippen molar-refractivity contribution in [2.24, 2.45) is 5.92 Å². The summed E-state index contributed by atoms with van der Waals surface area (Å²) in [7, 11) is 0. The summed E-state index contributed by atoms with van der Waals surface area (Å²) in [5, 5.41) is 15.2. The van der Waals surface area contributed by atoms with Crippen molar-refractivity contribution in [1.29, 1.82) is 0 Å². The van der Waals surface area contributed by atoms with E-state index in [1.807, 2.05) is 6.92 Å². The van der Waals surface area contributed by atoms with Gasteiger partial charge in [0.05, 0.1) is 0 Å². The Balaban J connectivity index is 2.81. The first-order chi connectivity index (χ1) is 9.47. The zero-order chi connectivity index (χ0) is 15.1. The first-order valence-corrected chi connectivity index (χ1v) is 6.83. The normalized spacial score (nSPS) is 13.6. The molecule has 1 amide bonds. The van der Waals surface area contributed by atoms with Crippen molar-refractivity contribution in [2.45, 2.75) is 19.9 Å². The average molecular weight is 299 g/mol. The Morgan fingerprint density at radius 2 is 2.00 bits per heavy atom. The molecule has 20 heavy (non-hydrogen) atoms. The van der Waals surface area contributed by atoms with Crippen LogP contribution >= 0.6 is 11.6 Å². The molecular weight excluding hydrogens is 280 g/mol. The smallest absolute Gasteiger partial charge is 0.330 e. The van der Waals surface area contributed by atoms with Gasteiger partial charge < -0.3 is 15.7 Å². The van der Waals surface area contributed by atoms with E-state index in [1.165, 1.54) is 0 Å². The highest BCUT2D eigenvalue weighted by molar-refractivity contribution is 6.31. The standard InChI is InChI=1S/C14H19ClN2O3/c1-3-16-8-9(2)13(18)17-12(14(19)20)10-6-4-5-7-11(10)15/h4-7,9,12,16H,3,8H2,1-2H3,(H,17,18)(H,19,20)/t9?,12-/m1/s1. The van der Waals surface area contributed by atoms with Gasteiger partial charge in [-0.2, -0.15) is 0 Å². The maximum Gasteiger partial charge on any atom is 0.330 e. The number of carbonyl (C=O) groups excluding carboxylic acids is 1. The van der Waals surface area contributed by atoms with Crippen molar-refractivity contribution in [1.82, 2.24) is 10.6 Å². The first kappa shape index (κ1) is 16.5. The van der Waals surface area contributed by atoms with Crippen molar-refractivity contribution in [3.63, 3.8) is 0 Å². The van der Waals surface area contributed by atoms with Crippen LogP contribution in [-0.2, 0) is 9.59 Å². The second-order valence-corrected chi connectivity index (χ2v) is 4.92. The Bertz CT molecular complexity index is 479. The van der Waals surface area contributed by atoms with E-state index in [4.69, 9.17) is 11.6 Å². The first-order valence-electron chi connectivity index (χ1n) is 6.45. The third kappa shape index (κ3) is 4.51. The molecule has 0 spiro atoms. The predicted octanol–water partition coefficient (Wildman–Crippen LogP) is 1.83. The average Bonchev–Trinajstić information content (AvgIpc) is 2.42. The fourth-order valence-electron chi connectivity index (χ4n) is 1.72. The van der Waals surface area contributed by atoms with Gasteiger partial charge in [-0.1, -0.05) is 43.6 Å². The Labute approximate surface area is 123 Å². The topological polar surface area (TPSA) is 78.4 Å². The van der Waals surface area contributed by atoms with Gasteiger partial charge >= 0.3 is 5.97 Å². The molecule has 2 atom stereocenters. The zero-order valence-corrected chi connectivity index (χ0v) is 12.3. The van der Waals surface area contributed by atoms with Crippen LogP contribution in [0.25, 0.3) is 0 Å². The Hall–Kier alpha value is -1.59. The lowest BCUT2D eigenvalue weighted by Crippen LogP contribution is -2.40. The molecule has 0 fully saturated rings. The minimum Gasteiger partial charge on any atom is -0.479 e. The van der Waals surface area contributed by atoms with E-state index in [1.54, 1.807) is 31.2 Å². The second-order valence-electron chi connectivity index (χ2n) is 4.51. The number of hydrogen-bond acceptors (Lipinski definition) is 3. The van der Waals surface area contributed by atoms with Crippen LogP contribution < -0.4 is 10.6 Å². The molecule has 0 aliphatic carbocycles. The molecule has 0 radical (unpaired) electrons. The highest BCUT2D eigenvalue weighted by atomic mass is 35.5. The molecule has 0 aliphatic rings. The van der Waals surface area contributed by atoms with Crippen molar-refractivity contribution < 1.29 is 14.7 Å². The van der Waals surface area contributed by atoms with Crippen LogP contribution in [0.15, 0.2) is 24.3 Å². The number of rotatable bonds is 7. The van der Waals surface area contributed by atoms with Crippen LogP contribution in [0, 0.1) is 5.92 Å². The van der Waals surface area contributed by atoms with Crippen LogP contribution in [-0.4, -0.2) is 30.1 Å². The molecule has 5 nitrogen and oxygen atoms in total. The van der Waals surface area contributed by atoms with Gasteiger partial charge in [-0.25, -0.2) is 4.79 Å². The number of nitrogens with one attached hydrogen (secondary N) is 2. The van der Waals surface area contributed by atoms with Crippen molar-refractivity contribution >= 4 is 23.5 Å². The monoisotopic (exact) mass is 298 g/mol. The number of halogens is 1. The molecule has 1 aromatic rings. The molecule has 0 saturated heterocycles. The fraction of sp³-hybridized carbons (Fsp3) is 0.429. The molecule has 6 heteroatoms. The summed E-state index contributed by atoms with van der Waals surface area (Å²) in [4.78, 5) is 23.3. The van der Waals surface area contributed by atoms with Crippen molar-refractivity contribution in [3.8, 4) is 0 Å². The number of benzene rings is 1. The van der Waals surface area contributed by atoms with E-state index >= 15 is 0 Å². The summed E-state index contributed by atoms with van der Waals surface area (Å²) >= 11 is 5.98. The molecule has 0 aromatic heterocycles. The van der Waals surface area contributed by atoms with Crippen LogP contribution in [0.1, 0.15) is 25.5 Å².